The monoisotopic (exact) mass is 470 g/mol. The van der Waals surface area contributed by atoms with Crippen LogP contribution in [0.1, 0.15) is 109 Å². The van der Waals surface area contributed by atoms with E-state index in [2.05, 4.69) is 13.8 Å². The molecule has 3 fully saturated rings. The van der Waals surface area contributed by atoms with Gasteiger partial charge in [-0.3, -0.25) is 4.79 Å². The molecule has 1 aromatic carbocycles. The van der Waals surface area contributed by atoms with Crippen LogP contribution in [-0.2, 0) is 14.3 Å². The van der Waals surface area contributed by atoms with Gasteiger partial charge in [0.05, 0.1) is 19.1 Å². The number of carbonyl (C=O) groups excluding carboxylic acids is 1. The number of ether oxygens (including phenoxy) is 3. The Labute approximate surface area is 207 Å². The van der Waals surface area contributed by atoms with Gasteiger partial charge < -0.3 is 14.2 Å². The molecule has 4 heteroatoms. The van der Waals surface area contributed by atoms with Crippen molar-refractivity contribution < 1.29 is 19.0 Å². The van der Waals surface area contributed by atoms with E-state index in [1.54, 1.807) is 0 Å². The predicted molar refractivity (Wildman–Crippen MR) is 136 cm³/mol. The molecule has 2 aliphatic carbocycles. The summed E-state index contributed by atoms with van der Waals surface area (Å²) in [6.07, 6.45) is 16.0. The van der Waals surface area contributed by atoms with Crippen LogP contribution in [0.2, 0.25) is 0 Å². The van der Waals surface area contributed by atoms with E-state index >= 15 is 0 Å². The van der Waals surface area contributed by atoms with Gasteiger partial charge in [-0.1, -0.05) is 64.5 Å². The lowest BCUT2D eigenvalue weighted by molar-refractivity contribution is -0.206. The summed E-state index contributed by atoms with van der Waals surface area (Å²) in [5, 5.41) is 0. The first kappa shape index (κ1) is 25.7. The van der Waals surface area contributed by atoms with Crippen LogP contribution in [0.25, 0.3) is 0 Å². The molecule has 4 nitrogen and oxygen atoms in total. The Bertz CT molecular complexity index is 721. The molecule has 0 unspecified atom stereocenters. The van der Waals surface area contributed by atoms with E-state index in [1.807, 2.05) is 24.3 Å². The zero-order chi connectivity index (χ0) is 23.8. The first-order valence-electron chi connectivity index (χ1n) is 14.2. The van der Waals surface area contributed by atoms with Crippen LogP contribution in [0.3, 0.4) is 0 Å². The van der Waals surface area contributed by atoms with Gasteiger partial charge in [-0.25, -0.2) is 0 Å². The molecular weight excluding hydrogens is 424 g/mol. The summed E-state index contributed by atoms with van der Waals surface area (Å²) in [5.41, 5.74) is 0.989. The number of benzene rings is 1. The quantitative estimate of drug-likeness (QED) is 0.272. The lowest BCUT2D eigenvalue weighted by Crippen LogP contribution is -2.30. The topological polar surface area (TPSA) is 44.8 Å². The molecule has 0 atom stereocenters. The molecule has 1 aromatic rings. The smallest absolute Gasteiger partial charge is 0.314 e. The molecule has 2 saturated carbocycles. The minimum absolute atomic E-state index is 0.0532. The Morgan fingerprint density at radius 1 is 0.794 bits per heavy atom. The standard InChI is InChI=1S/C30H46O4/c1-3-5-7-23-20-32-30(33-21-23)27-16-18-28(19-17-27)34-29(31)26-14-12-25(13-15-26)24-10-8-22(6-4-2)9-11-24/h16-19,22-26,30H,3-15,20-21H2,1-2H3/t22-,23?,24-,25-,26-,30?. The summed E-state index contributed by atoms with van der Waals surface area (Å²) in [6, 6.07) is 7.68. The second-order valence-corrected chi connectivity index (χ2v) is 11.2. The van der Waals surface area contributed by atoms with Gasteiger partial charge >= 0.3 is 5.97 Å². The molecular formula is C30H46O4. The average Bonchev–Trinajstić information content (AvgIpc) is 2.89. The van der Waals surface area contributed by atoms with Gasteiger partial charge in [-0.2, -0.15) is 0 Å². The molecule has 0 amide bonds. The van der Waals surface area contributed by atoms with Crippen LogP contribution in [0.15, 0.2) is 24.3 Å². The zero-order valence-electron chi connectivity index (χ0n) is 21.5. The van der Waals surface area contributed by atoms with Gasteiger partial charge in [0, 0.05) is 11.5 Å². The van der Waals surface area contributed by atoms with Crippen molar-refractivity contribution in [1.82, 2.24) is 0 Å². The van der Waals surface area contributed by atoms with Crippen molar-refractivity contribution in [3.05, 3.63) is 29.8 Å². The molecule has 0 bridgehead atoms. The summed E-state index contributed by atoms with van der Waals surface area (Å²) in [5.74, 6) is 3.81. The van der Waals surface area contributed by atoms with Crippen molar-refractivity contribution in [3.8, 4) is 5.75 Å². The van der Waals surface area contributed by atoms with Crippen molar-refractivity contribution in [1.29, 1.82) is 0 Å². The molecule has 0 aromatic heterocycles. The third kappa shape index (κ3) is 7.07. The van der Waals surface area contributed by atoms with E-state index in [0.717, 1.165) is 49.4 Å². The Morgan fingerprint density at radius 3 is 2.00 bits per heavy atom. The predicted octanol–water partition coefficient (Wildman–Crippen LogP) is 7.86. The molecule has 1 saturated heterocycles. The number of hydrogen-bond donors (Lipinski definition) is 0. The van der Waals surface area contributed by atoms with Crippen LogP contribution in [0, 0.1) is 29.6 Å². The fraction of sp³-hybridized carbons (Fsp3) is 0.767. The lowest BCUT2D eigenvalue weighted by atomic mass is 9.69. The molecule has 34 heavy (non-hydrogen) atoms. The number of carbonyl (C=O) groups is 1. The highest BCUT2D eigenvalue weighted by Crippen LogP contribution is 2.42. The summed E-state index contributed by atoms with van der Waals surface area (Å²) in [7, 11) is 0. The van der Waals surface area contributed by atoms with E-state index in [0.29, 0.717) is 11.7 Å². The second-order valence-electron chi connectivity index (χ2n) is 11.2. The van der Waals surface area contributed by atoms with E-state index in [1.165, 1.54) is 70.6 Å². The maximum absolute atomic E-state index is 12.8. The van der Waals surface area contributed by atoms with Crippen molar-refractivity contribution >= 4 is 5.97 Å². The highest BCUT2D eigenvalue weighted by Gasteiger charge is 2.33. The van der Waals surface area contributed by atoms with Gasteiger partial charge in [0.2, 0.25) is 0 Å². The first-order chi connectivity index (χ1) is 16.7. The highest BCUT2D eigenvalue weighted by atomic mass is 16.7. The van der Waals surface area contributed by atoms with Crippen LogP contribution >= 0.6 is 0 Å². The normalized spacial score (nSPS) is 32.3. The number of rotatable bonds is 9. The SMILES string of the molecule is CCCCC1COC(c2ccc(OC(=O)[C@H]3CC[C@H]([C@H]4CC[C@H](CCC)CC4)CC3)cc2)OC1. The maximum atomic E-state index is 12.8. The van der Waals surface area contributed by atoms with Crippen LogP contribution < -0.4 is 4.74 Å². The highest BCUT2D eigenvalue weighted by molar-refractivity contribution is 5.75. The van der Waals surface area contributed by atoms with Crippen molar-refractivity contribution in [2.45, 2.75) is 104 Å². The van der Waals surface area contributed by atoms with Gasteiger partial charge in [-0.15, -0.1) is 0 Å². The van der Waals surface area contributed by atoms with Gasteiger partial charge in [0.1, 0.15) is 5.75 Å². The Kier molecular flexibility index (Phi) is 9.87. The summed E-state index contributed by atoms with van der Waals surface area (Å²) in [6.45, 7) is 6.03. The van der Waals surface area contributed by atoms with Crippen LogP contribution in [0.5, 0.6) is 5.75 Å². The number of unbranched alkanes of at least 4 members (excludes halogenated alkanes) is 1. The fourth-order valence-corrected chi connectivity index (χ4v) is 6.47. The third-order valence-corrected chi connectivity index (χ3v) is 8.66. The minimum atomic E-state index is -0.310. The summed E-state index contributed by atoms with van der Waals surface area (Å²) >= 11 is 0. The number of hydrogen-bond acceptors (Lipinski definition) is 4. The first-order valence-corrected chi connectivity index (χ1v) is 14.2. The Hall–Kier alpha value is -1.39. The zero-order valence-corrected chi connectivity index (χ0v) is 21.5. The van der Waals surface area contributed by atoms with Gasteiger partial charge in [-0.05, 0) is 74.8 Å². The van der Waals surface area contributed by atoms with E-state index < -0.39 is 0 Å². The summed E-state index contributed by atoms with van der Waals surface area (Å²) in [4.78, 5) is 12.8. The molecule has 4 rings (SSSR count). The van der Waals surface area contributed by atoms with E-state index in [-0.39, 0.29) is 18.2 Å². The Morgan fingerprint density at radius 2 is 1.41 bits per heavy atom. The van der Waals surface area contributed by atoms with Gasteiger partial charge in [0.25, 0.3) is 0 Å². The van der Waals surface area contributed by atoms with E-state index in [4.69, 9.17) is 14.2 Å². The van der Waals surface area contributed by atoms with Crippen molar-refractivity contribution in [2.24, 2.45) is 29.6 Å². The third-order valence-electron chi connectivity index (χ3n) is 8.66. The molecule has 1 heterocycles. The number of esters is 1. The van der Waals surface area contributed by atoms with Crippen LogP contribution in [0.4, 0.5) is 0 Å². The van der Waals surface area contributed by atoms with Crippen LogP contribution in [-0.4, -0.2) is 19.2 Å². The van der Waals surface area contributed by atoms with Crippen molar-refractivity contribution in [2.75, 3.05) is 13.2 Å². The fourth-order valence-electron chi connectivity index (χ4n) is 6.47. The molecule has 3 aliphatic rings. The molecule has 0 spiro atoms. The summed E-state index contributed by atoms with van der Waals surface area (Å²) < 4.78 is 17.6. The maximum Gasteiger partial charge on any atom is 0.314 e. The van der Waals surface area contributed by atoms with Gasteiger partial charge in [0.15, 0.2) is 6.29 Å². The lowest BCUT2D eigenvalue weighted by Gasteiger charge is -2.37. The molecule has 0 radical (unpaired) electrons. The molecule has 1 aliphatic heterocycles. The molecule has 0 N–H and O–H groups in total. The Balaban J connectivity index is 1.18. The van der Waals surface area contributed by atoms with Crippen molar-refractivity contribution in [3.63, 3.8) is 0 Å². The average molecular weight is 471 g/mol. The minimum Gasteiger partial charge on any atom is -0.426 e. The largest absolute Gasteiger partial charge is 0.426 e. The van der Waals surface area contributed by atoms with E-state index in [9.17, 15) is 4.79 Å². The second kappa shape index (κ2) is 13.1. The molecule has 190 valence electrons.